The zero-order valence-electron chi connectivity index (χ0n) is 12.3. The molecule has 0 aliphatic rings. The Bertz CT molecular complexity index is 668. The molecular formula is C17H17FO2S. The quantitative estimate of drug-likeness (QED) is 0.604. The van der Waals surface area contributed by atoms with Gasteiger partial charge in [-0.15, -0.1) is 11.8 Å². The van der Waals surface area contributed by atoms with E-state index in [1.165, 1.54) is 36.6 Å². The molecule has 21 heavy (non-hydrogen) atoms. The first kappa shape index (κ1) is 15.6. The molecule has 110 valence electrons. The largest absolute Gasteiger partial charge is 0.494 e. The lowest BCUT2D eigenvalue weighted by molar-refractivity contribution is 0.102. The summed E-state index contributed by atoms with van der Waals surface area (Å²) in [4.78, 5) is 13.2. The van der Waals surface area contributed by atoms with Crippen LogP contribution in [0.1, 0.15) is 21.5 Å². The van der Waals surface area contributed by atoms with Crippen molar-refractivity contribution in [2.24, 2.45) is 0 Å². The third kappa shape index (κ3) is 3.85. The summed E-state index contributed by atoms with van der Waals surface area (Å²) >= 11 is 1.47. The predicted molar refractivity (Wildman–Crippen MR) is 83.9 cm³/mol. The number of carbonyl (C=O) groups excluding carboxylic acids is 1. The molecule has 0 amide bonds. The summed E-state index contributed by atoms with van der Waals surface area (Å²) in [6.45, 7) is 4.06. The van der Waals surface area contributed by atoms with E-state index in [0.29, 0.717) is 5.56 Å². The Labute approximate surface area is 128 Å². The number of ketones is 1. The molecule has 0 unspecified atom stereocenters. The number of Topliss-reactive ketones (excluding diaryl/α,β-unsaturated/α-hetero) is 1. The fraction of sp³-hybridized carbons (Fsp3) is 0.235. The Morgan fingerprint density at radius 3 is 2.57 bits per heavy atom. The smallest absolute Gasteiger partial charge is 0.173 e. The second-order valence-corrected chi connectivity index (χ2v) is 5.85. The van der Waals surface area contributed by atoms with Crippen LogP contribution in [0.3, 0.4) is 0 Å². The molecule has 0 saturated carbocycles. The minimum atomic E-state index is -0.514. The molecule has 0 saturated heterocycles. The van der Waals surface area contributed by atoms with Gasteiger partial charge in [0.25, 0.3) is 0 Å². The van der Waals surface area contributed by atoms with Crippen LogP contribution >= 0.6 is 11.8 Å². The number of carbonyl (C=O) groups is 1. The SMILES string of the molecule is COc1ccc(C(=O)CSc2ccc(C)cc2C)cc1F. The fourth-order valence-electron chi connectivity index (χ4n) is 2.03. The average molecular weight is 304 g/mol. The molecule has 0 aliphatic heterocycles. The van der Waals surface area contributed by atoms with Crippen LogP contribution < -0.4 is 4.74 Å². The second-order valence-electron chi connectivity index (χ2n) is 4.83. The Balaban J connectivity index is 2.06. The zero-order valence-corrected chi connectivity index (χ0v) is 13.1. The topological polar surface area (TPSA) is 26.3 Å². The van der Waals surface area contributed by atoms with Crippen LogP contribution in [0.5, 0.6) is 5.75 Å². The van der Waals surface area contributed by atoms with E-state index < -0.39 is 5.82 Å². The normalized spacial score (nSPS) is 10.5. The van der Waals surface area contributed by atoms with Gasteiger partial charge < -0.3 is 4.74 Å². The minimum absolute atomic E-state index is 0.0958. The molecule has 0 spiro atoms. The van der Waals surface area contributed by atoms with Crippen LogP contribution in [0.25, 0.3) is 0 Å². The summed E-state index contributed by atoms with van der Waals surface area (Å²) in [5.41, 5.74) is 2.71. The van der Waals surface area contributed by atoms with Crippen molar-refractivity contribution < 1.29 is 13.9 Å². The molecule has 2 aromatic carbocycles. The van der Waals surface area contributed by atoms with Gasteiger partial charge in [0.05, 0.1) is 12.9 Å². The number of ether oxygens (including phenoxy) is 1. The lowest BCUT2D eigenvalue weighted by Crippen LogP contribution is -2.03. The molecule has 2 nitrogen and oxygen atoms in total. The second kappa shape index (κ2) is 6.76. The van der Waals surface area contributed by atoms with Crippen molar-refractivity contribution in [3.05, 3.63) is 58.9 Å². The van der Waals surface area contributed by atoms with E-state index in [0.717, 1.165) is 10.5 Å². The highest BCUT2D eigenvalue weighted by molar-refractivity contribution is 8.00. The Morgan fingerprint density at radius 2 is 1.95 bits per heavy atom. The van der Waals surface area contributed by atoms with Crippen molar-refractivity contribution >= 4 is 17.5 Å². The first-order valence-electron chi connectivity index (χ1n) is 6.58. The monoisotopic (exact) mass is 304 g/mol. The lowest BCUT2D eigenvalue weighted by atomic mass is 10.1. The summed E-state index contributed by atoms with van der Waals surface area (Å²) in [6.07, 6.45) is 0. The molecule has 0 aromatic heterocycles. The third-order valence-corrected chi connectivity index (χ3v) is 4.34. The number of methoxy groups -OCH3 is 1. The van der Waals surface area contributed by atoms with Crippen LogP contribution in [-0.4, -0.2) is 18.6 Å². The molecule has 0 bridgehead atoms. The van der Waals surface area contributed by atoms with Crippen molar-refractivity contribution in [2.75, 3.05) is 12.9 Å². The minimum Gasteiger partial charge on any atom is -0.494 e. The number of hydrogen-bond acceptors (Lipinski definition) is 3. The fourth-order valence-corrected chi connectivity index (χ4v) is 2.93. The first-order valence-corrected chi connectivity index (χ1v) is 7.56. The number of aryl methyl sites for hydroxylation is 2. The maximum Gasteiger partial charge on any atom is 0.173 e. The van der Waals surface area contributed by atoms with Crippen LogP contribution in [0.15, 0.2) is 41.3 Å². The summed E-state index contributed by atoms with van der Waals surface area (Å²) < 4.78 is 18.4. The van der Waals surface area contributed by atoms with Gasteiger partial charge in [-0.2, -0.15) is 0 Å². The van der Waals surface area contributed by atoms with Gasteiger partial charge in [0.1, 0.15) is 0 Å². The number of rotatable bonds is 5. The summed E-state index contributed by atoms with van der Waals surface area (Å²) in [7, 11) is 1.40. The molecule has 0 N–H and O–H groups in total. The van der Waals surface area contributed by atoms with Crippen molar-refractivity contribution in [3.8, 4) is 5.75 Å². The van der Waals surface area contributed by atoms with Gasteiger partial charge in [-0.1, -0.05) is 17.7 Å². The maximum atomic E-state index is 13.6. The van der Waals surface area contributed by atoms with Gasteiger partial charge in [-0.3, -0.25) is 4.79 Å². The standard InChI is InChI=1S/C17H17FO2S/c1-11-4-7-17(12(2)8-11)21-10-15(19)13-5-6-16(20-3)14(18)9-13/h4-9H,10H2,1-3H3. The van der Waals surface area contributed by atoms with E-state index in [1.54, 1.807) is 6.07 Å². The zero-order chi connectivity index (χ0) is 15.4. The molecule has 0 heterocycles. The van der Waals surface area contributed by atoms with Gasteiger partial charge >= 0.3 is 0 Å². The molecule has 4 heteroatoms. The summed E-state index contributed by atoms with van der Waals surface area (Å²) in [5, 5.41) is 0. The van der Waals surface area contributed by atoms with Gasteiger partial charge in [0, 0.05) is 10.5 Å². The van der Waals surface area contributed by atoms with Crippen LogP contribution in [0, 0.1) is 19.7 Å². The Kier molecular flexibility index (Phi) is 5.02. The molecule has 0 aliphatic carbocycles. The van der Waals surface area contributed by atoms with E-state index >= 15 is 0 Å². The first-order chi connectivity index (χ1) is 10.0. The Morgan fingerprint density at radius 1 is 1.19 bits per heavy atom. The van der Waals surface area contributed by atoms with Crippen LogP contribution in [0.4, 0.5) is 4.39 Å². The number of hydrogen-bond donors (Lipinski definition) is 0. The molecule has 0 radical (unpaired) electrons. The van der Waals surface area contributed by atoms with Gasteiger partial charge in [-0.25, -0.2) is 4.39 Å². The highest BCUT2D eigenvalue weighted by Gasteiger charge is 2.11. The van der Waals surface area contributed by atoms with E-state index in [-0.39, 0.29) is 17.3 Å². The summed E-state index contributed by atoms with van der Waals surface area (Å²) in [5.74, 6) is -0.176. The van der Waals surface area contributed by atoms with Crippen molar-refractivity contribution in [3.63, 3.8) is 0 Å². The molecule has 2 aromatic rings. The van der Waals surface area contributed by atoms with Gasteiger partial charge in [-0.05, 0) is 43.7 Å². The van der Waals surface area contributed by atoms with E-state index in [4.69, 9.17) is 4.74 Å². The maximum absolute atomic E-state index is 13.6. The summed E-state index contributed by atoms with van der Waals surface area (Å²) in [6, 6.07) is 10.4. The van der Waals surface area contributed by atoms with Crippen molar-refractivity contribution in [1.82, 2.24) is 0 Å². The number of benzene rings is 2. The van der Waals surface area contributed by atoms with Gasteiger partial charge in [0.2, 0.25) is 0 Å². The Hall–Kier alpha value is -1.81. The number of thioether (sulfide) groups is 1. The average Bonchev–Trinajstić information content (AvgIpc) is 2.46. The highest BCUT2D eigenvalue weighted by Crippen LogP contribution is 2.25. The predicted octanol–water partition coefficient (Wildman–Crippen LogP) is 4.43. The molecular weight excluding hydrogens is 287 g/mol. The van der Waals surface area contributed by atoms with E-state index in [9.17, 15) is 9.18 Å². The van der Waals surface area contributed by atoms with Crippen LogP contribution in [-0.2, 0) is 0 Å². The van der Waals surface area contributed by atoms with Crippen LogP contribution in [0.2, 0.25) is 0 Å². The van der Waals surface area contributed by atoms with Crippen molar-refractivity contribution in [2.45, 2.75) is 18.7 Å². The van der Waals surface area contributed by atoms with Crippen molar-refractivity contribution in [1.29, 1.82) is 0 Å². The van der Waals surface area contributed by atoms with E-state index in [1.807, 2.05) is 26.0 Å². The third-order valence-electron chi connectivity index (χ3n) is 3.16. The molecule has 2 rings (SSSR count). The van der Waals surface area contributed by atoms with Gasteiger partial charge in [0.15, 0.2) is 17.3 Å². The molecule has 0 fully saturated rings. The lowest BCUT2D eigenvalue weighted by Gasteiger charge is -2.07. The van der Waals surface area contributed by atoms with E-state index in [2.05, 4.69) is 6.07 Å². The highest BCUT2D eigenvalue weighted by atomic mass is 32.2. The molecule has 0 atom stereocenters. The number of halogens is 1.